The smallest absolute Gasteiger partial charge is 0.254 e. The highest BCUT2D eigenvalue weighted by Crippen LogP contribution is 2.36. The lowest BCUT2D eigenvalue weighted by atomic mass is 9.98. The van der Waals surface area contributed by atoms with Crippen LogP contribution in [-0.2, 0) is 13.1 Å². The summed E-state index contributed by atoms with van der Waals surface area (Å²) in [6.45, 7) is 1.29. The van der Waals surface area contributed by atoms with Gasteiger partial charge in [0, 0.05) is 42.8 Å². The predicted molar refractivity (Wildman–Crippen MR) is 169 cm³/mol. The molecule has 0 aliphatic carbocycles. The van der Waals surface area contributed by atoms with E-state index in [4.69, 9.17) is 15.5 Å². The molecule has 1 amide bonds. The number of imidazole rings is 1. The fourth-order valence-electron chi connectivity index (χ4n) is 6.84. The van der Waals surface area contributed by atoms with Gasteiger partial charge >= 0.3 is 0 Å². The van der Waals surface area contributed by atoms with E-state index in [1.54, 1.807) is 25.4 Å². The van der Waals surface area contributed by atoms with Gasteiger partial charge in [-0.05, 0) is 67.1 Å². The molecule has 0 spiro atoms. The summed E-state index contributed by atoms with van der Waals surface area (Å²) in [4.78, 5) is 24.9. The first-order valence-electron chi connectivity index (χ1n) is 15.5. The molecule has 1 saturated heterocycles. The average molecular weight is 613 g/mol. The lowest BCUT2D eigenvalue weighted by molar-refractivity contribution is 0.0119. The second-order valence-electron chi connectivity index (χ2n) is 12.2. The molecule has 10 nitrogen and oxygen atoms in total. The third-order valence-electron chi connectivity index (χ3n) is 9.01. The summed E-state index contributed by atoms with van der Waals surface area (Å²) in [7, 11) is 1.56. The van der Waals surface area contributed by atoms with E-state index in [-0.39, 0.29) is 25.4 Å². The molecule has 0 unspecified atom stereocenters. The molecular weight excluding hydrogens is 575 g/mol. The van der Waals surface area contributed by atoms with Crippen LogP contribution in [0.3, 0.4) is 0 Å². The van der Waals surface area contributed by atoms with Gasteiger partial charge in [-0.2, -0.15) is 0 Å². The molecule has 0 saturated carbocycles. The van der Waals surface area contributed by atoms with Gasteiger partial charge in [0.25, 0.3) is 5.91 Å². The van der Waals surface area contributed by atoms with E-state index in [0.717, 1.165) is 28.7 Å². The number of aliphatic hydroxyl groups is 2. The summed E-state index contributed by atoms with van der Waals surface area (Å²) >= 11 is 0. The number of ether oxygens (including phenoxy) is 1. The average Bonchev–Trinajstić information content (AvgIpc) is 3.59. The van der Waals surface area contributed by atoms with Crippen molar-refractivity contribution in [1.29, 1.82) is 0 Å². The first kappa shape index (κ1) is 29.4. The molecule has 4 N–H and O–H groups in total. The van der Waals surface area contributed by atoms with Gasteiger partial charge in [0.15, 0.2) is 5.82 Å². The molecule has 4 atom stereocenters. The number of benzene rings is 2. The molecule has 5 aromatic rings. The van der Waals surface area contributed by atoms with Gasteiger partial charge in [-0.15, -0.1) is 0 Å². The maximum Gasteiger partial charge on any atom is 0.254 e. The monoisotopic (exact) mass is 612 g/mol. The number of nitrogens with two attached hydrogens (primary N) is 1. The molecule has 7 rings (SSSR count). The lowest BCUT2D eigenvalue weighted by Gasteiger charge is -2.33. The summed E-state index contributed by atoms with van der Waals surface area (Å²) < 4.78 is 24.5. The summed E-state index contributed by atoms with van der Waals surface area (Å²) in [6.07, 6.45) is 0.870. The summed E-state index contributed by atoms with van der Waals surface area (Å²) in [5.74, 6) is 0.819. The molecule has 2 aliphatic rings. The number of fused-ring (bicyclic) bond motifs is 9. The number of hydrogen-bond donors (Lipinski definition) is 3. The Morgan fingerprint density at radius 2 is 1.93 bits per heavy atom. The molecule has 45 heavy (non-hydrogen) atoms. The van der Waals surface area contributed by atoms with Crippen molar-refractivity contribution in [2.75, 3.05) is 20.2 Å². The molecule has 11 heteroatoms. The zero-order chi connectivity index (χ0) is 31.2. The van der Waals surface area contributed by atoms with Crippen LogP contribution in [0.5, 0.6) is 5.75 Å². The van der Waals surface area contributed by atoms with E-state index in [9.17, 15) is 19.4 Å². The van der Waals surface area contributed by atoms with Crippen molar-refractivity contribution in [3.05, 3.63) is 77.5 Å². The highest BCUT2D eigenvalue weighted by molar-refractivity contribution is 6.00. The van der Waals surface area contributed by atoms with Gasteiger partial charge in [0.05, 0.1) is 31.0 Å². The van der Waals surface area contributed by atoms with Gasteiger partial charge in [0.2, 0.25) is 0 Å². The normalized spacial score (nSPS) is 22.6. The SMILES string of the molecule is COc1cc(C(=O)N2C[C@H](N)C[C@@H](F)C2)cc2nc3n(c12)Cc1cccc(c1)[C@H](O)[C@H](O)CCCCn1c-3cc2cccnc21. The Kier molecular flexibility index (Phi) is 7.76. The maximum atomic E-state index is 14.4. The Balaban J connectivity index is 1.43. The molecule has 0 radical (unpaired) electrons. The highest BCUT2D eigenvalue weighted by Gasteiger charge is 2.30. The van der Waals surface area contributed by atoms with E-state index in [2.05, 4.69) is 20.2 Å². The first-order valence-corrected chi connectivity index (χ1v) is 15.5. The number of halogens is 1. The van der Waals surface area contributed by atoms with E-state index < -0.39 is 24.4 Å². The fourth-order valence-corrected chi connectivity index (χ4v) is 6.84. The number of amides is 1. The molecule has 1 fully saturated rings. The van der Waals surface area contributed by atoms with Crippen LogP contribution in [0.15, 0.2) is 60.8 Å². The Morgan fingerprint density at radius 3 is 2.76 bits per heavy atom. The first-order chi connectivity index (χ1) is 21.8. The minimum absolute atomic E-state index is 0.00340. The third kappa shape index (κ3) is 5.45. The van der Waals surface area contributed by atoms with Crippen molar-refractivity contribution in [3.8, 4) is 17.3 Å². The summed E-state index contributed by atoms with van der Waals surface area (Å²) in [6, 6.07) is 16.6. The van der Waals surface area contributed by atoms with Crippen LogP contribution in [0.2, 0.25) is 0 Å². The highest BCUT2D eigenvalue weighted by atomic mass is 19.1. The Hall–Kier alpha value is -4.32. The van der Waals surface area contributed by atoms with Gasteiger partial charge < -0.3 is 34.7 Å². The molecule has 2 aliphatic heterocycles. The molecule has 3 aromatic heterocycles. The Morgan fingerprint density at radius 1 is 1.07 bits per heavy atom. The summed E-state index contributed by atoms with van der Waals surface area (Å²) in [5, 5.41) is 22.8. The largest absolute Gasteiger partial charge is 0.494 e. The van der Waals surface area contributed by atoms with Crippen molar-refractivity contribution in [2.45, 2.75) is 63.2 Å². The number of hydrogen-bond acceptors (Lipinski definition) is 7. The standard InChI is InChI=1S/C34H37FN6O4/c1-45-29-15-23(34(44)39-18-24(35)16-25(36)19-39)13-26-30(29)41-17-20-6-4-7-21(12-20)31(43)28(42)9-2-3-11-40-27(33(41)38-26)14-22-8-5-10-37-32(22)40/h4-8,10,12-15,24-25,28,31,42-43H,2-3,9,11,16-19,36H2,1H3/t24-,25-,28-,31+/m1/s1. The van der Waals surface area contributed by atoms with Crippen LogP contribution in [0.1, 0.15) is 53.3 Å². The van der Waals surface area contributed by atoms with Crippen LogP contribution in [-0.4, -0.2) is 78.6 Å². The number of methoxy groups -OCH3 is 1. The van der Waals surface area contributed by atoms with Crippen LogP contribution < -0.4 is 10.5 Å². The van der Waals surface area contributed by atoms with E-state index >= 15 is 0 Å². The van der Waals surface area contributed by atoms with Gasteiger partial charge in [0.1, 0.15) is 29.2 Å². The number of alkyl halides is 1. The summed E-state index contributed by atoms with van der Waals surface area (Å²) in [5.41, 5.74) is 10.9. The van der Waals surface area contributed by atoms with Crippen molar-refractivity contribution in [2.24, 2.45) is 5.73 Å². The number of aryl methyl sites for hydroxylation is 1. The number of pyridine rings is 1. The third-order valence-corrected chi connectivity index (χ3v) is 9.01. The van der Waals surface area contributed by atoms with E-state index in [1.807, 2.05) is 36.4 Å². The second-order valence-corrected chi connectivity index (χ2v) is 12.2. The van der Waals surface area contributed by atoms with Crippen molar-refractivity contribution >= 4 is 28.0 Å². The van der Waals surface area contributed by atoms with Crippen molar-refractivity contribution in [1.82, 2.24) is 24.0 Å². The number of carbonyl (C=O) groups excluding carboxylic acids is 1. The minimum Gasteiger partial charge on any atom is -0.494 e. The Bertz CT molecular complexity index is 1880. The number of nitrogens with zero attached hydrogens (tertiary/aromatic N) is 5. The lowest BCUT2D eigenvalue weighted by Crippen LogP contribution is -2.50. The number of likely N-dealkylation sites (tertiary alicyclic amines) is 1. The topological polar surface area (TPSA) is 132 Å². The predicted octanol–water partition coefficient (Wildman–Crippen LogP) is 4.20. The van der Waals surface area contributed by atoms with Crippen LogP contribution >= 0.6 is 0 Å². The zero-order valence-electron chi connectivity index (χ0n) is 25.1. The van der Waals surface area contributed by atoms with Crippen molar-refractivity contribution < 1.29 is 24.1 Å². The van der Waals surface area contributed by atoms with Crippen molar-refractivity contribution in [3.63, 3.8) is 0 Å². The molecular formula is C34H37FN6O4. The Labute approximate surface area is 259 Å². The van der Waals surface area contributed by atoms with Crippen LogP contribution in [0.4, 0.5) is 4.39 Å². The fraction of sp³-hybridized carbons (Fsp3) is 0.382. The minimum atomic E-state index is -1.17. The second kappa shape index (κ2) is 11.9. The number of aromatic nitrogens is 4. The maximum absolute atomic E-state index is 14.4. The van der Waals surface area contributed by atoms with Crippen LogP contribution in [0.25, 0.3) is 33.6 Å². The number of piperidine rings is 1. The molecule has 2 aromatic carbocycles. The van der Waals surface area contributed by atoms with Gasteiger partial charge in [-0.3, -0.25) is 4.79 Å². The number of carbonyl (C=O) groups is 1. The van der Waals surface area contributed by atoms with E-state index in [1.165, 1.54) is 4.90 Å². The zero-order valence-corrected chi connectivity index (χ0v) is 25.1. The molecule has 5 heterocycles. The number of rotatable bonds is 2. The van der Waals surface area contributed by atoms with Gasteiger partial charge in [-0.25, -0.2) is 14.4 Å². The van der Waals surface area contributed by atoms with Gasteiger partial charge in [-0.1, -0.05) is 24.3 Å². The molecule has 2 bridgehead atoms. The number of aliphatic hydroxyl groups excluding tert-OH is 2. The molecule has 234 valence electrons. The quantitative estimate of drug-likeness (QED) is 0.272. The van der Waals surface area contributed by atoms with E-state index in [0.29, 0.717) is 59.7 Å². The van der Waals surface area contributed by atoms with Crippen LogP contribution in [0, 0.1) is 0 Å².